The minimum absolute atomic E-state index is 0.0867. The molecule has 7 heteroatoms. The summed E-state index contributed by atoms with van der Waals surface area (Å²) in [6.07, 6.45) is 0.725. The molecule has 1 aliphatic rings. The van der Waals surface area contributed by atoms with Crippen LogP contribution in [0.15, 0.2) is 24.3 Å². The van der Waals surface area contributed by atoms with Crippen LogP contribution in [-0.2, 0) is 11.3 Å². The van der Waals surface area contributed by atoms with Crippen LogP contribution in [0, 0.1) is 0 Å². The molecule has 1 fully saturated rings. The SMILES string of the molecule is CCC1SCC(C(=O)O)N1C(=O)NCc1ccc(Cl)cc1. The van der Waals surface area contributed by atoms with E-state index in [2.05, 4.69) is 5.32 Å². The molecule has 1 aromatic carbocycles. The summed E-state index contributed by atoms with van der Waals surface area (Å²) >= 11 is 7.31. The molecule has 0 aliphatic carbocycles. The van der Waals surface area contributed by atoms with E-state index >= 15 is 0 Å². The van der Waals surface area contributed by atoms with E-state index in [1.165, 1.54) is 16.7 Å². The van der Waals surface area contributed by atoms with Gasteiger partial charge in [0.25, 0.3) is 0 Å². The van der Waals surface area contributed by atoms with Gasteiger partial charge in [-0.3, -0.25) is 4.90 Å². The normalized spacial score (nSPS) is 21.3. The molecule has 2 unspecified atom stereocenters. The van der Waals surface area contributed by atoms with E-state index in [4.69, 9.17) is 11.6 Å². The Balaban J connectivity index is 2.00. The molecule has 2 atom stereocenters. The van der Waals surface area contributed by atoms with Gasteiger partial charge in [-0.15, -0.1) is 11.8 Å². The summed E-state index contributed by atoms with van der Waals surface area (Å²) in [5.74, 6) is -0.526. The smallest absolute Gasteiger partial charge is 0.327 e. The highest BCUT2D eigenvalue weighted by molar-refractivity contribution is 8.00. The van der Waals surface area contributed by atoms with Crippen LogP contribution in [0.1, 0.15) is 18.9 Å². The van der Waals surface area contributed by atoms with E-state index in [0.29, 0.717) is 17.3 Å². The number of thioether (sulfide) groups is 1. The summed E-state index contributed by atoms with van der Waals surface area (Å²) in [6, 6.07) is 6.06. The largest absolute Gasteiger partial charge is 0.480 e. The van der Waals surface area contributed by atoms with Gasteiger partial charge in [0, 0.05) is 17.3 Å². The Bertz CT molecular complexity index is 523. The van der Waals surface area contributed by atoms with Crippen LogP contribution in [-0.4, -0.2) is 39.2 Å². The third-order valence-corrected chi connectivity index (χ3v) is 5.02. The van der Waals surface area contributed by atoms with Gasteiger partial charge >= 0.3 is 12.0 Å². The first-order valence-electron chi connectivity index (χ1n) is 6.68. The maximum atomic E-state index is 12.3. The van der Waals surface area contributed by atoms with Crippen molar-refractivity contribution in [3.8, 4) is 0 Å². The molecule has 2 amide bonds. The number of carbonyl (C=O) groups is 2. The van der Waals surface area contributed by atoms with Crippen molar-refractivity contribution in [2.24, 2.45) is 0 Å². The van der Waals surface area contributed by atoms with Crippen molar-refractivity contribution in [3.63, 3.8) is 0 Å². The lowest BCUT2D eigenvalue weighted by Gasteiger charge is -2.26. The van der Waals surface area contributed by atoms with Gasteiger partial charge in [0.2, 0.25) is 0 Å². The van der Waals surface area contributed by atoms with Gasteiger partial charge in [-0.2, -0.15) is 0 Å². The van der Waals surface area contributed by atoms with E-state index < -0.39 is 12.0 Å². The average molecular weight is 329 g/mol. The first-order chi connectivity index (χ1) is 10.0. The molecule has 0 bridgehead atoms. The summed E-state index contributed by atoms with van der Waals surface area (Å²) < 4.78 is 0. The van der Waals surface area contributed by atoms with Crippen molar-refractivity contribution < 1.29 is 14.7 Å². The number of nitrogens with one attached hydrogen (secondary N) is 1. The first kappa shape index (κ1) is 16.0. The van der Waals surface area contributed by atoms with Crippen molar-refractivity contribution in [2.75, 3.05) is 5.75 Å². The van der Waals surface area contributed by atoms with E-state index in [1.54, 1.807) is 12.1 Å². The van der Waals surface area contributed by atoms with Gasteiger partial charge in [-0.25, -0.2) is 9.59 Å². The maximum absolute atomic E-state index is 12.3. The fraction of sp³-hybridized carbons (Fsp3) is 0.429. The van der Waals surface area contributed by atoms with E-state index in [9.17, 15) is 14.7 Å². The fourth-order valence-electron chi connectivity index (χ4n) is 2.21. The number of aliphatic carboxylic acids is 1. The van der Waals surface area contributed by atoms with E-state index in [1.807, 2.05) is 19.1 Å². The van der Waals surface area contributed by atoms with Crippen LogP contribution in [0.5, 0.6) is 0 Å². The highest BCUT2D eigenvalue weighted by Crippen LogP contribution is 2.31. The lowest BCUT2D eigenvalue weighted by molar-refractivity contribution is -0.141. The number of carboxylic acid groups (broad SMARTS) is 1. The predicted octanol–water partition coefficient (Wildman–Crippen LogP) is 2.79. The van der Waals surface area contributed by atoms with E-state index in [-0.39, 0.29) is 11.4 Å². The number of hydrogen-bond acceptors (Lipinski definition) is 3. The molecule has 0 aromatic heterocycles. The van der Waals surface area contributed by atoms with Gasteiger partial charge in [0.05, 0.1) is 5.37 Å². The molecule has 0 saturated carbocycles. The maximum Gasteiger partial charge on any atom is 0.327 e. The predicted molar refractivity (Wildman–Crippen MR) is 83.5 cm³/mol. The van der Waals surface area contributed by atoms with Gasteiger partial charge in [0.15, 0.2) is 0 Å². The third-order valence-electron chi connectivity index (χ3n) is 3.32. The number of carbonyl (C=O) groups excluding carboxylic acids is 1. The number of nitrogens with zero attached hydrogens (tertiary/aromatic N) is 1. The summed E-state index contributed by atoms with van der Waals surface area (Å²) in [6.45, 7) is 2.29. The van der Waals surface area contributed by atoms with Crippen molar-refractivity contribution >= 4 is 35.4 Å². The first-order valence-corrected chi connectivity index (χ1v) is 8.10. The molecular weight excluding hydrogens is 312 g/mol. The molecule has 2 rings (SSSR count). The Kier molecular flexibility index (Phi) is 5.36. The van der Waals surface area contributed by atoms with Crippen molar-refractivity contribution in [3.05, 3.63) is 34.9 Å². The Morgan fingerprint density at radius 2 is 2.10 bits per heavy atom. The molecule has 5 nitrogen and oxygen atoms in total. The summed E-state index contributed by atoms with van der Waals surface area (Å²) in [4.78, 5) is 25.0. The molecule has 1 aliphatic heterocycles. The second kappa shape index (κ2) is 7.04. The van der Waals surface area contributed by atoms with Crippen LogP contribution < -0.4 is 5.32 Å². The molecular formula is C14H17ClN2O3S. The van der Waals surface area contributed by atoms with Gasteiger partial charge in [-0.05, 0) is 24.1 Å². The van der Waals surface area contributed by atoms with Crippen LogP contribution >= 0.6 is 23.4 Å². The zero-order chi connectivity index (χ0) is 15.4. The molecule has 0 spiro atoms. The number of amides is 2. The lowest BCUT2D eigenvalue weighted by atomic mass is 10.2. The topological polar surface area (TPSA) is 69.6 Å². The molecule has 21 heavy (non-hydrogen) atoms. The summed E-state index contributed by atoms with van der Waals surface area (Å²) in [5.41, 5.74) is 0.916. The van der Waals surface area contributed by atoms with Crippen molar-refractivity contribution in [2.45, 2.75) is 31.3 Å². The van der Waals surface area contributed by atoms with E-state index in [0.717, 1.165) is 12.0 Å². The number of rotatable bonds is 4. The van der Waals surface area contributed by atoms with Crippen molar-refractivity contribution in [1.29, 1.82) is 0 Å². The number of hydrogen-bond donors (Lipinski definition) is 2. The van der Waals surface area contributed by atoms with Crippen LogP contribution in [0.25, 0.3) is 0 Å². The summed E-state index contributed by atoms with van der Waals surface area (Å²) in [5, 5.41) is 12.5. The number of benzene rings is 1. The van der Waals surface area contributed by atoms with Crippen LogP contribution in [0.2, 0.25) is 5.02 Å². The molecule has 1 saturated heterocycles. The highest BCUT2D eigenvalue weighted by atomic mass is 35.5. The Morgan fingerprint density at radius 1 is 1.43 bits per heavy atom. The molecule has 114 valence electrons. The summed E-state index contributed by atoms with van der Waals surface area (Å²) in [7, 11) is 0. The van der Waals surface area contributed by atoms with Crippen LogP contribution in [0.4, 0.5) is 4.79 Å². The fourth-order valence-corrected chi connectivity index (χ4v) is 3.68. The Hall–Kier alpha value is -1.40. The third kappa shape index (κ3) is 3.83. The second-order valence-electron chi connectivity index (χ2n) is 4.74. The molecule has 2 N–H and O–H groups in total. The minimum Gasteiger partial charge on any atom is -0.480 e. The highest BCUT2D eigenvalue weighted by Gasteiger charge is 2.40. The molecule has 1 heterocycles. The zero-order valence-electron chi connectivity index (χ0n) is 11.6. The zero-order valence-corrected chi connectivity index (χ0v) is 13.2. The van der Waals surface area contributed by atoms with Crippen LogP contribution in [0.3, 0.4) is 0 Å². The quantitative estimate of drug-likeness (QED) is 0.891. The number of urea groups is 1. The molecule has 0 radical (unpaired) electrons. The van der Waals surface area contributed by atoms with Crippen molar-refractivity contribution in [1.82, 2.24) is 10.2 Å². The lowest BCUT2D eigenvalue weighted by Crippen LogP contribution is -2.49. The minimum atomic E-state index is -0.958. The average Bonchev–Trinajstić information content (AvgIpc) is 2.90. The standard InChI is InChI=1S/C14H17ClN2O3S/c1-2-12-17(11(8-21-12)13(18)19)14(20)16-7-9-3-5-10(15)6-4-9/h3-6,11-12H,2,7-8H2,1H3,(H,16,20)(H,18,19). The number of carboxylic acids is 1. The molecule has 1 aromatic rings. The second-order valence-corrected chi connectivity index (χ2v) is 6.39. The van der Waals surface area contributed by atoms with Gasteiger partial charge in [-0.1, -0.05) is 30.7 Å². The Labute approximate surface area is 132 Å². The monoisotopic (exact) mass is 328 g/mol. The van der Waals surface area contributed by atoms with Gasteiger partial charge < -0.3 is 10.4 Å². The number of halogens is 1. The Morgan fingerprint density at radius 3 is 2.67 bits per heavy atom. The van der Waals surface area contributed by atoms with Gasteiger partial charge in [0.1, 0.15) is 6.04 Å².